The van der Waals surface area contributed by atoms with Gasteiger partial charge in [-0.3, -0.25) is 9.59 Å². The molecule has 0 aliphatic heterocycles. The van der Waals surface area contributed by atoms with Gasteiger partial charge in [-0.2, -0.15) is 5.10 Å². The highest BCUT2D eigenvalue weighted by atomic mass is 79.9. The van der Waals surface area contributed by atoms with Crippen LogP contribution < -0.4 is 16.2 Å². The van der Waals surface area contributed by atoms with Gasteiger partial charge in [-0.05, 0) is 35.7 Å². The molecule has 1 heterocycles. The second kappa shape index (κ2) is 8.81. The molecule has 0 fully saturated rings. The zero-order chi connectivity index (χ0) is 15.8. The lowest BCUT2D eigenvalue weighted by Crippen LogP contribution is -2.33. The van der Waals surface area contributed by atoms with Gasteiger partial charge in [0, 0.05) is 25.6 Å². The second-order valence-corrected chi connectivity index (χ2v) is 5.75. The molecule has 0 aliphatic rings. The van der Waals surface area contributed by atoms with Crippen molar-refractivity contribution in [3.8, 4) is 0 Å². The number of carbonyl (C=O) groups is 1. The van der Waals surface area contributed by atoms with Crippen LogP contribution in [0.25, 0.3) is 0 Å². The molecule has 0 aromatic carbocycles. The van der Waals surface area contributed by atoms with Gasteiger partial charge in [0.1, 0.15) is 4.47 Å². The summed E-state index contributed by atoms with van der Waals surface area (Å²) in [6.45, 7) is 7.04. The lowest BCUT2D eigenvalue weighted by atomic mass is 10.2. The number of carbonyl (C=O) groups excluding carboxylic acids is 1. The molecule has 21 heavy (non-hydrogen) atoms. The Hall–Kier alpha value is -1.37. The maximum absolute atomic E-state index is 12.0. The molecule has 0 aliphatic carbocycles. The maximum atomic E-state index is 12.0. The summed E-state index contributed by atoms with van der Waals surface area (Å²) in [6, 6.07) is 0.184. The van der Waals surface area contributed by atoms with Crippen molar-refractivity contribution in [1.82, 2.24) is 15.1 Å². The van der Waals surface area contributed by atoms with Crippen LogP contribution in [0.1, 0.15) is 40.0 Å². The van der Waals surface area contributed by atoms with Gasteiger partial charge in [-0.15, -0.1) is 0 Å². The first-order valence-electron chi connectivity index (χ1n) is 7.28. The Balaban J connectivity index is 2.55. The number of hydrogen-bond donors (Lipinski definition) is 2. The lowest BCUT2D eigenvalue weighted by molar-refractivity contribution is -0.121. The van der Waals surface area contributed by atoms with Crippen LogP contribution in [0.4, 0.5) is 5.69 Å². The van der Waals surface area contributed by atoms with E-state index in [-0.39, 0.29) is 17.5 Å². The number of nitrogens with one attached hydrogen (secondary N) is 2. The molecule has 0 spiro atoms. The summed E-state index contributed by atoms with van der Waals surface area (Å²) in [6.07, 6.45) is 3.72. The minimum Gasteiger partial charge on any atom is -0.382 e. The van der Waals surface area contributed by atoms with E-state index in [2.05, 4.69) is 31.7 Å². The Morgan fingerprint density at radius 3 is 2.81 bits per heavy atom. The molecule has 1 amide bonds. The van der Waals surface area contributed by atoms with Crippen molar-refractivity contribution in [1.29, 1.82) is 0 Å². The normalized spacial score (nSPS) is 12.0. The zero-order valence-corrected chi connectivity index (χ0v) is 14.4. The quantitative estimate of drug-likeness (QED) is 0.746. The molecule has 0 radical (unpaired) electrons. The first-order chi connectivity index (χ1) is 9.99. The largest absolute Gasteiger partial charge is 0.382 e. The van der Waals surface area contributed by atoms with Crippen LogP contribution >= 0.6 is 15.9 Å². The summed E-state index contributed by atoms with van der Waals surface area (Å²) in [5.41, 5.74) is 0.453. The maximum Gasteiger partial charge on any atom is 0.283 e. The number of aryl methyl sites for hydroxylation is 1. The van der Waals surface area contributed by atoms with Crippen LogP contribution in [0, 0.1) is 0 Å². The number of amides is 1. The van der Waals surface area contributed by atoms with Crippen LogP contribution in [0.3, 0.4) is 0 Å². The molecule has 7 heteroatoms. The minimum absolute atomic E-state index is 0.000238. The monoisotopic (exact) mass is 358 g/mol. The Kier molecular flexibility index (Phi) is 7.42. The van der Waals surface area contributed by atoms with Gasteiger partial charge < -0.3 is 10.6 Å². The van der Waals surface area contributed by atoms with E-state index in [4.69, 9.17) is 0 Å². The first kappa shape index (κ1) is 17.7. The minimum atomic E-state index is -0.161. The van der Waals surface area contributed by atoms with Gasteiger partial charge in [0.25, 0.3) is 5.56 Å². The summed E-state index contributed by atoms with van der Waals surface area (Å²) < 4.78 is 1.87. The third-order valence-corrected chi connectivity index (χ3v) is 3.87. The number of aromatic nitrogens is 2. The topological polar surface area (TPSA) is 76.0 Å². The van der Waals surface area contributed by atoms with Crippen LogP contribution in [0.5, 0.6) is 0 Å². The fraction of sp³-hybridized carbons (Fsp3) is 0.643. The van der Waals surface area contributed by atoms with Crippen molar-refractivity contribution >= 4 is 27.5 Å². The lowest BCUT2D eigenvalue weighted by Gasteiger charge is -2.12. The van der Waals surface area contributed by atoms with Crippen molar-refractivity contribution in [3.63, 3.8) is 0 Å². The SMILES string of the molecule is CCCn1ncc(NCCC(=O)NC(C)CC)c(Br)c1=O. The van der Waals surface area contributed by atoms with Crippen LogP contribution in [-0.2, 0) is 11.3 Å². The van der Waals surface area contributed by atoms with E-state index >= 15 is 0 Å². The predicted molar refractivity (Wildman–Crippen MR) is 87.5 cm³/mol. The van der Waals surface area contributed by atoms with E-state index in [1.165, 1.54) is 4.68 Å². The highest BCUT2D eigenvalue weighted by Crippen LogP contribution is 2.15. The van der Waals surface area contributed by atoms with Crippen molar-refractivity contribution < 1.29 is 4.79 Å². The molecule has 0 saturated heterocycles. The van der Waals surface area contributed by atoms with Gasteiger partial charge in [0.2, 0.25) is 5.91 Å². The fourth-order valence-electron chi connectivity index (χ4n) is 1.72. The molecule has 0 bridgehead atoms. The molecule has 1 rings (SSSR count). The van der Waals surface area contributed by atoms with Crippen molar-refractivity contribution in [3.05, 3.63) is 21.0 Å². The summed E-state index contributed by atoms with van der Waals surface area (Å²) in [5.74, 6) is 0.000238. The van der Waals surface area contributed by atoms with Gasteiger partial charge in [-0.25, -0.2) is 4.68 Å². The number of anilines is 1. The summed E-state index contributed by atoms with van der Waals surface area (Å²) >= 11 is 3.28. The van der Waals surface area contributed by atoms with Crippen molar-refractivity contribution in [2.45, 2.75) is 52.6 Å². The standard InChI is InChI=1S/C14H23BrN4O2/c1-4-8-19-14(21)13(15)11(9-17-19)16-7-6-12(20)18-10(3)5-2/h9-10,16H,4-8H2,1-3H3,(H,18,20). The van der Waals surface area contributed by atoms with E-state index < -0.39 is 0 Å². The van der Waals surface area contributed by atoms with Crippen LogP contribution in [0.15, 0.2) is 15.5 Å². The molecular formula is C14H23BrN4O2. The fourth-order valence-corrected chi connectivity index (χ4v) is 2.17. The number of hydrogen-bond acceptors (Lipinski definition) is 4. The Morgan fingerprint density at radius 2 is 2.19 bits per heavy atom. The molecule has 2 N–H and O–H groups in total. The van der Waals surface area contributed by atoms with Gasteiger partial charge in [0.05, 0.1) is 11.9 Å². The third-order valence-electron chi connectivity index (χ3n) is 3.11. The van der Waals surface area contributed by atoms with Crippen molar-refractivity contribution in [2.75, 3.05) is 11.9 Å². The van der Waals surface area contributed by atoms with Gasteiger partial charge in [0.15, 0.2) is 0 Å². The number of nitrogens with zero attached hydrogens (tertiary/aromatic N) is 2. The van der Waals surface area contributed by atoms with Gasteiger partial charge >= 0.3 is 0 Å². The molecule has 6 nitrogen and oxygen atoms in total. The summed E-state index contributed by atoms with van der Waals surface area (Å²) in [4.78, 5) is 23.6. The van der Waals surface area contributed by atoms with E-state index in [1.54, 1.807) is 6.20 Å². The first-order valence-corrected chi connectivity index (χ1v) is 8.07. The molecule has 1 aromatic heterocycles. The van der Waals surface area contributed by atoms with Gasteiger partial charge in [-0.1, -0.05) is 13.8 Å². The molecule has 118 valence electrons. The highest BCUT2D eigenvalue weighted by Gasteiger charge is 2.09. The van der Waals surface area contributed by atoms with Crippen LogP contribution in [0.2, 0.25) is 0 Å². The van der Waals surface area contributed by atoms with E-state index in [1.807, 2.05) is 20.8 Å². The highest BCUT2D eigenvalue weighted by molar-refractivity contribution is 9.10. The summed E-state index contributed by atoms with van der Waals surface area (Å²) in [5, 5.41) is 10.1. The predicted octanol–water partition coefficient (Wildman–Crippen LogP) is 2.13. The zero-order valence-electron chi connectivity index (χ0n) is 12.8. The molecule has 1 unspecified atom stereocenters. The smallest absolute Gasteiger partial charge is 0.283 e. The summed E-state index contributed by atoms with van der Waals surface area (Å²) in [7, 11) is 0. The average molecular weight is 359 g/mol. The Bertz CT molecular complexity index is 530. The average Bonchev–Trinajstić information content (AvgIpc) is 2.46. The number of halogens is 1. The molecule has 0 saturated carbocycles. The third kappa shape index (κ3) is 5.49. The molecule has 1 atom stereocenters. The van der Waals surface area contributed by atoms with Crippen LogP contribution in [-0.4, -0.2) is 28.3 Å². The van der Waals surface area contributed by atoms with Crippen molar-refractivity contribution in [2.24, 2.45) is 0 Å². The Morgan fingerprint density at radius 1 is 1.48 bits per heavy atom. The molecule has 1 aromatic rings. The van der Waals surface area contributed by atoms with E-state index in [0.717, 1.165) is 12.8 Å². The van der Waals surface area contributed by atoms with E-state index in [0.29, 0.717) is 29.7 Å². The molecular weight excluding hydrogens is 336 g/mol. The second-order valence-electron chi connectivity index (χ2n) is 4.95. The Labute approximate surface area is 133 Å². The number of rotatable bonds is 8. The van der Waals surface area contributed by atoms with E-state index in [9.17, 15) is 9.59 Å².